The Bertz CT molecular complexity index is 1550. The molecule has 1 N–H and O–H groups in total. The second kappa shape index (κ2) is 11.7. The molecule has 1 aliphatic rings. The van der Waals surface area contributed by atoms with E-state index in [2.05, 4.69) is 15.0 Å². The highest BCUT2D eigenvalue weighted by Crippen LogP contribution is 2.23. The highest BCUT2D eigenvalue weighted by molar-refractivity contribution is 7.08. The lowest BCUT2D eigenvalue weighted by Crippen LogP contribution is -2.48. The molecule has 1 fully saturated rings. The monoisotopic (exact) mass is 549 g/mol. The minimum absolute atomic E-state index is 0.0382. The zero-order valence-corrected chi connectivity index (χ0v) is 22.2. The summed E-state index contributed by atoms with van der Waals surface area (Å²) in [6, 6.07) is 13.0. The fourth-order valence-corrected chi connectivity index (χ4v) is 5.25. The molecule has 1 aromatic carbocycles. The molecular formula is C28H28FN5O4S. The number of carboxylic acids is 1. The van der Waals surface area contributed by atoms with Crippen molar-refractivity contribution in [2.75, 3.05) is 37.6 Å². The van der Waals surface area contributed by atoms with E-state index >= 15 is 4.39 Å². The molecule has 0 bridgehead atoms. The molecule has 1 saturated heterocycles. The van der Waals surface area contributed by atoms with Crippen molar-refractivity contribution < 1.29 is 19.1 Å². The van der Waals surface area contributed by atoms with E-state index in [1.165, 1.54) is 6.20 Å². The number of nitrogens with zero attached hydrogens (tertiary/aromatic N) is 5. The van der Waals surface area contributed by atoms with Gasteiger partial charge in [-0.15, -0.1) is 0 Å². The number of thiophene rings is 1. The van der Waals surface area contributed by atoms with Gasteiger partial charge in [0.15, 0.2) is 11.6 Å². The zero-order valence-electron chi connectivity index (χ0n) is 21.4. The molecule has 0 saturated carbocycles. The summed E-state index contributed by atoms with van der Waals surface area (Å²) in [5.74, 6) is -1.83. The number of benzene rings is 1. The Morgan fingerprint density at radius 2 is 1.95 bits per heavy atom. The SMILES string of the molecule is CCn1cc(C(=O)O)c(=O)c2cc(F)c(N3CCN(C/C(=N\OCc4ccccc4)c4ccsc4)CC3)nc21. The van der Waals surface area contributed by atoms with Gasteiger partial charge in [0.05, 0.1) is 5.39 Å². The van der Waals surface area contributed by atoms with Gasteiger partial charge in [-0.05, 0) is 35.4 Å². The van der Waals surface area contributed by atoms with E-state index in [1.807, 2.05) is 59.0 Å². The summed E-state index contributed by atoms with van der Waals surface area (Å²) < 4.78 is 16.7. The number of piperazine rings is 1. The lowest BCUT2D eigenvalue weighted by Gasteiger charge is -2.35. The van der Waals surface area contributed by atoms with Crippen LogP contribution < -0.4 is 10.3 Å². The average molecular weight is 550 g/mol. The second-order valence-corrected chi connectivity index (χ2v) is 9.98. The number of pyridine rings is 2. The summed E-state index contributed by atoms with van der Waals surface area (Å²) in [5.41, 5.74) is 2.01. The Labute approximate surface area is 228 Å². The van der Waals surface area contributed by atoms with Crippen molar-refractivity contribution >= 4 is 39.9 Å². The van der Waals surface area contributed by atoms with E-state index in [4.69, 9.17) is 4.84 Å². The Morgan fingerprint density at radius 3 is 2.62 bits per heavy atom. The molecule has 0 atom stereocenters. The van der Waals surface area contributed by atoms with Gasteiger partial charge in [0.2, 0.25) is 5.43 Å². The standard InChI is InChI=1S/C28H28FN5O4S/c1-2-33-15-22(28(36)37)25(35)21-14-23(29)27(30-26(21)33)34-11-9-32(10-12-34)16-24(20-8-13-39-18-20)31-38-17-19-6-4-3-5-7-19/h3-8,13-15,18H,2,9-12,16-17H2,1H3,(H,36,37)/b31-24+. The molecule has 9 nitrogen and oxygen atoms in total. The van der Waals surface area contributed by atoms with E-state index in [1.54, 1.807) is 15.9 Å². The molecule has 39 heavy (non-hydrogen) atoms. The van der Waals surface area contributed by atoms with Gasteiger partial charge in [-0.3, -0.25) is 9.69 Å². The van der Waals surface area contributed by atoms with Crippen molar-refractivity contribution in [3.8, 4) is 0 Å². The van der Waals surface area contributed by atoms with Gasteiger partial charge < -0.3 is 19.4 Å². The Kier molecular flexibility index (Phi) is 7.99. The molecule has 0 amide bonds. The lowest BCUT2D eigenvalue weighted by molar-refractivity contribution is 0.0695. The number of carbonyl (C=O) groups is 1. The van der Waals surface area contributed by atoms with Gasteiger partial charge >= 0.3 is 5.97 Å². The van der Waals surface area contributed by atoms with Crippen molar-refractivity contribution in [2.24, 2.45) is 5.16 Å². The normalized spacial score (nSPS) is 14.6. The van der Waals surface area contributed by atoms with Crippen LogP contribution in [0, 0.1) is 5.82 Å². The summed E-state index contributed by atoms with van der Waals surface area (Å²) in [4.78, 5) is 38.4. The maximum absolute atomic E-state index is 15.2. The highest BCUT2D eigenvalue weighted by atomic mass is 32.1. The fourth-order valence-electron chi connectivity index (χ4n) is 4.58. The van der Waals surface area contributed by atoms with Gasteiger partial charge in [0.25, 0.3) is 0 Å². The molecule has 202 valence electrons. The van der Waals surface area contributed by atoms with Crippen LogP contribution in [-0.4, -0.2) is 64.0 Å². The Morgan fingerprint density at radius 1 is 1.18 bits per heavy atom. The number of anilines is 1. The Balaban J connectivity index is 1.30. The van der Waals surface area contributed by atoms with Crippen LogP contribution in [0.4, 0.5) is 10.2 Å². The summed E-state index contributed by atoms with van der Waals surface area (Å²) in [6.45, 7) is 5.53. The van der Waals surface area contributed by atoms with Crippen LogP contribution >= 0.6 is 11.3 Å². The van der Waals surface area contributed by atoms with Crippen LogP contribution in [0.5, 0.6) is 0 Å². The van der Waals surface area contributed by atoms with Crippen LogP contribution in [0.2, 0.25) is 0 Å². The third-order valence-corrected chi connectivity index (χ3v) is 7.39. The van der Waals surface area contributed by atoms with Gasteiger partial charge in [0, 0.05) is 51.0 Å². The number of rotatable bonds is 9. The van der Waals surface area contributed by atoms with Gasteiger partial charge in [-0.25, -0.2) is 14.2 Å². The first-order valence-electron chi connectivity index (χ1n) is 12.6. The number of halogens is 1. The highest BCUT2D eigenvalue weighted by Gasteiger charge is 2.24. The molecule has 1 aliphatic heterocycles. The quantitative estimate of drug-likeness (QED) is 0.248. The molecular weight excluding hydrogens is 521 g/mol. The number of aromatic nitrogens is 2. The number of aryl methyl sites for hydroxylation is 1. The maximum atomic E-state index is 15.2. The summed E-state index contributed by atoms with van der Waals surface area (Å²) in [5, 5.41) is 17.8. The predicted octanol–water partition coefficient (Wildman–Crippen LogP) is 4.06. The first kappa shape index (κ1) is 26.5. The molecule has 4 heterocycles. The third-order valence-electron chi connectivity index (χ3n) is 6.70. The molecule has 11 heteroatoms. The largest absolute Gasteiger partial charge is 0.477 e. The number of carboxylic acid groups (broad SMARTS) is 1. The first-order chi connectivity index (χ1) is 18.9. The van der Waals surface area contributed by atoms with Crippen LogP contribution in [0.3, 0.4) is 0 Å². The topological polar surface area (TPSA) is 100 Å². The van der Waals surface area contributed by atoms with Crippen LogP contribution in [0.15, 0.2) is 69.4 Å². The van der Waals surface area contributed by atoms with E-state index in [9.17, 15) is 14.7 Å². The van der Waals surface area contributed by atoms with Crippen molar-refractivity contribution in [3.63, 3.8) is 0 Å². The maximum Gasteiger partial charge on any atom is 0.341 e. The second-order valence-electron chi connectivity index (χ2n) is 9.20. The first-order valence-corrected chi connectivity index (χ1v) is 13.6. The van der Waals surface area contributed by atoms with Gasteiger partial charge in [0.1, 0.15) is 23.5 Å². The van der Waals surface area contributed by atoms with Crippen molar-refractivity contribution in [2.45, 2.75) is 20.1 Å². The molecule has 0 radical (unpaired) electrons. The van der Waals surface area contributed by atoms with Crippen LogP contribution in [0.1, 0.15) is 28.4 Å². The number of hydrogen-bond donors (Lipinski definition) is 1. The van der Waals surface area contributed by atoms with Gasteiger partial charge in [-0.2, -0.15) is 11.3 Å². The molecule has 0 aliphatic carbocycles. The number of hydrogen-bond acceptors (Lipinski definition) is 8. The number of oxime groups is 1. The molecule has 3 aromatic heterocycles. The summed E-state index contributed by atoms with van der Waals surface area (Å²) in [6.07, 6.45) is 1.27. The van der Waals surface area contributed by atoms with Crippen molar-refractivity contribution in [1.82, 2.24) is 14.5 Å². The molecule has 5 rings (SSSR count). The Hall–Kier alpha value is -4.09. The van der Waals surface area contributed by atoms with E-state index in [0.717, 1.165) is 22.9 Å². The van der Waals surface area contributed by atoms with Crippen molar-refractivity contribution in [1.29, 1.82) is 0 Å². The third kappa shape index (κ3) is 5.84. The number of aromatic carboxylic acids is 1. The number of fused-ring (bicyclic) bond motifs is 1. The van der Waals surface area contributed by atoms with Crippen molar-refractivity contribution in [3.05, 3.63) is 92.2 Å². The summed E-state index contributed by atoms with van der Waals surface area (Å²) in [7, 11) is 0. The van der Waals surface area contributed by atoms with Gasteiger partial charge in [-0.1, -0.05) is 35.5 Å². The fraction of sp³-hybridized carbons (Fsp3) is 0.286. The lowest BCUT2D eigenvalue weighted by atomic mass is 10.1. The van der Waals surface area contributed by atoms with Crippen LogP contribution in [-0.2, 0) is 18.0 Å². The summed E-state index contributed by atoms with van der Waals surface area (Å²) >= 11 is 1.60. The zero-order chi connectivity index (χ0) is 27.4. The molecule has 0 unspecified atom stereocenters. The minimum atomic E-state index is -1.35. The van der Waals surface area contributed by atoms with E-state index < -0.39 is 22.8 Å². The molecule has 0 spiro atoms. The van der Waals surface area contributed by atoms with Crippen LogP contribution in [0.25, 0.3) is 11.0 Å². The smallest absolute Gasteiger partial charge is 0.341 e. The average Bonchev–Trinajstić information content (AvgIpc) is 3.49. The van der Waals surface area contributed by atoms with E-state index in [-0.39, 0.29) is 16.9 Å². The van der Waals surface area contributed by atoms with E-state index in [0.29, 0.717) is 45.9 Å². The molecule has 4 aromatic rings. The minimum Gasteiger partial charge on any atom is -0.477 e. The predicted molar refractivity (Wildman–Crippen MR) is 149 cm³/mol.